The van der Waals surface area contributed by atoms with E-state index in [1.807, 2.05) is 12.3 Å². The average Bonchev–Trinajstić information content (AvgIpc) is 2.30. The van der Waals surface area contributed by atoms with Crippen molar-refractivity contribution in [2.45, 2.75) is 25.7 Å². The van der Waals surface area contributed by atoms with Crippen LogP contribution in [-0.2, 0) is 0 Å². The molecule has 0 spiro atoms. The zero-order chi connectivity index (χ0) is 10.7. The van der Waals surface area contributed by atoms with E-state index in [0.717, 1.165) is 23.5 Å². The van der Waals surface area contributed by atoms with Crippen molar-refractivity contribution >= 4 is 15.9 Å². The van der Waals surface area contributed by atoms with Crippen molar-refractivity contribution in [3.63, 3.8) is 0 Å². The molecule has 0 aromatic carbocycles. The Balaban J connectivity index is 2.12. The van der Waals surface area contributed by atoms with Gasteiger partial charge in [0.15, 0.2) is 0 Å². The van der Waals surface area contributed by atoms with Crippen LogP contribution in [0.3, 0.4) is 0 Å². The van der Waals surface area contributed by atoms with Crippen LogP contribution in [0.25, 0.3) is 0 Å². The van der Waals surface area contributed by atoms with Gasteiger partial charge in [-0.3, -0.25) is 4.98 Å². The molecule has 3 heteroatoms. The highest BCUT2D eigenvalue weighted by Gasteiger charge is 2.23. The molecule has 1 atom stereocenters. The lowest BCUT2D eigenvalue weighted by atomic mass is 9.84. The first-order valence-electron chi connectivity index (χ1n) is 5.60. The van der Waals surface area contributed by atoms with Crippen molar-refractivity contribution in [1.82, 2.24) is 10.3 Å². The van der Waals surface area contributed by atoms with Gasteiger partial charge >= 0.3 is 0 Å². The summed E-state index contributed by atoms with van der Waals surface area (Å²) in [5, 5.41) is 3.40. The number of aromatic nitrogens is 1. The van der Waals surface area contributed by atoms with Gasteiger partial charge in [-0.25, -0.2) is 0 Å². The van der Waals surface area contributed by atoms with E-state index in [1.54, 1.807) is 0 Å². The summed E-state index contributed by atoms with van der Waals surface area (Å²) in [4.78, 5) is 4.49. The maximum Gasteiger partial charge on any atom is 0.0576 e. The molecule has 1 saturated heterocycles. The molecule has 2 rings (SSSR count). The van der Waals surface area contributed by atoms with Crippen molar-refractivity contribution in [3.8, 4) is 0 Å². The first kappa shape index (κ1) is 11.1. The summed E-state index contributed by atoms with van der Waals surface area (Å²) in [5.41, 5.74) is 1.21. The van der Waals surface area contributed by atoms with Crippen molar-refractivity contribution in [1.29, 1.82) is 0 Å². The standard InChI is InChI=1S/C12H17BrN2/c1-9(10-4-7-14-8-5-10)12-11(13)3-2-6-15-12/h2-3,6,9-10,14H,4-5,7-8H2,1H3. The Hall–Kier alpha value is -0.410. The summed E-state index contributed by atoms with van der Waals surface area (Å²) < 4.78 is 1.15. The van der Waals surface area contributed by atoms with Crippen LogP contribution in [0.1, 0.15) is 31.4 Å². The minimum absolute atomic E-state index is 0.558. The number of nitrogens with zero attached hydrogens (tertiary/aromatic N) is 1. The van der Waals surface area contributed by atoms with Crippen LogP contribution in [-0.4, -0.2) is 18.1 Å². The van der Waals surface area contributed by atoms with Crippen molar-refractivity contribution in [2.75, 3.05) is 13.1 Å². The monoisotopic (exact) mass is 268 g/mol. The number of piperidine rings is 1. The second kappa shape index (κ2) is 5.08. The zero-order valence-corrected chi connectivity index (χ0v) is 10.6. The van der Waals surface area contributed by atoms with Crippen molar-refractivity contribution in [2.24, 2.45) is 5.92 Å². The lowest BCUT2D eigenvalue weighted by molar-refractivity contribution is 0.326. The van der Waals surface area contributed by atoms with Gasteiger partial charge in [0.1, 0.15) is 0 Å². The molecule has 1 aromatic heterocycles. The molecule has 1 aliphatic rings. The molecule has 0 saturated carbocycles. The maximum absolute atomic E-state index is 4.49. The first-order chi connectivity index (χ1) is 7.29. The topological polar surface area (TPSA) is 24.9 Å². The highest BCUT2D eigenvalue weighted by Crippen LogP contribution is 2.32. The van der Waals surface area contributed by atoms with Gasteiger partial charge < -0.3 is 5.32 Å². The van der Waals surface area contributed by atoms with Crippen LogP contribution in [0.15, 0.2) is 22.8 Å². The quantitative estimate of drug-likeness (QED) is 0.892. The molecule has 1 unspecified atom stereocenters. The Morgan fingerprint density at radius 1 is 1.47 bits per heavy atom. The fraction of sp³-hybridized carbons (Fsp3) is 0.583. The number of halogens is 1. The molecule has 1 fully saturated rings. The first-order valence-corrected chi connectivity index (χ1v) is 6.39. The van der Waals surface area contributed by atoms with Crippen LogP contribution in [0.4, 0.5) is 0 Å². The highest BCUT2D eigenvalue weighted by molar-refractivity contribution is 9.10. The summed E-state index contributed by atoms with van der Waals surface area (Å²) in [5.74, 6) is 1.33. The Kier molecular flexibility index (Phi) is 3.76. The highest BCUT2D eigenvalue weighted by atomic mass is 79.9. The summed E-state index contributed by atoms with van der Waals surface area (Å²) in [6, 6.07) is 4.06. The lowest BCUT2D eigenvalue weighted by Gasteiger charge is -2.28. The van der Waals surface area contributed by atoms with Crippen LogP contribution in [0, 0.1) is 5.92 Å². The maximum atomic E-state index is 4.49. The van der Waals surface area contributed by atoms with Gasteiger partial charge in [-0.05, 0) is 59.9 Å². The van der Waals surface area contributed by atoms with Gasteiger partial charge in [-0.1, -0.05) is 6.92 Å². The van der Waals surface area contributed by atoms with Gasteiger partial charge in [-0.2, -0.15) is 0 Å². The third-order valence-electron chi connectivity index (χ3n) is 3.31. The Morgan fingerprint density at radius 3 is 2.87 bits per heavy atom. The zero-order valence-electron chi connectivity index (χ0n) is 9.04. The predicted octanol–water partition coefficient (Wildman–Crippen LogP) is 2.95. The van der Waals surface area contributed by atoms with Crippen molar-refractivity contribution in [3.05, 3.63) is 28.5 Å². The van der Waals surface area contributed by atoms with Crippen LogP contribution < -0.4 is 5.32 Å². The van der Waals surface area contributed by atoms with Gasteiger partial charge in [0.2, 0.25) is 0 Å². The van der Waals surface area contributed by atoms with Crippen molar-refractivity contribution < 1.29 is 0 Å². The van der Waals surface area contributed by atoms with E-state index in [-0.39, 0.29) is 0 Å². The molecule has 0 radical (unpaired) electrons. The smallest absolute Gasteiger partial charge is 0.0576 e. The minimum Gasteiger partial charge on any atom is -0.317 e. The average molecular weight is 269 g/mol. The molecule has 1 N–H and O–H groups in total. The fourth-order valence-corrected chi connectivity index (χ4v) is 2.92. The molecule has 15 heavy (non-hydrogen) atoms. The fourth-order valence-electron chi connectivity index (χ4n) is 2.30. The van der Waals surface area contributed by atoms with E-state index < -0.39 is 0 Å². The van der Waals surface area contributed by atoms with Gasteiger partial charge in [-0.15, -0.1) is 0 Å². The molecule has 0 amide bonds. The number of pyridine rings is 1. The van der Waals surface area contributed by atoms with E-state index in [4.69, 9.17) is 0 Å². The molecule has 0 aliphatic carbocycles. The molecule has 1 aromatic rings. The Bertz CT molecular complexity index is 321. The molecule has 2 nitrogen and oxygen atoms in total. The van der Waals surface area contributed by atoms with E-state index in [0.29, 0.717) is 5.92 Å². The largest absolute Gasteiger partial charge is 0.317 e. The van der Waals surface area contributed by atoms with Crippen LogP contribution in [0.2, 0.25) is 0 Å². The molecular weight excluding hydrogens is 252 g/mol. The molecule has 0 bridgehead atoms. The van der Waals surface area contributed by atoms with E-state index in [1.165, 1.54) is 18.5 Å². The van der Waals surface area contributed by atoms with E-state index >= 15 is 0 Å². The third-order valence-corrected chi connectivity index (χ3v) is 3.98. The van der Waals surface area contributed by atoms with E-state index in [9.17, 15) is 0 Å². The number of nitrogens with one attached hydrogen (secondary N) is 1. The third kappa shape index (κ3) is 2.58. The summed E-state index contributed by atoms with van der Waals surface area (Å²) in [6.45, 7) is 4.60. The molecule has 1 aliphatic heterocycles. The second-order valence-corrected chi connectivity index (χ2v) is 5.10. The predicted molar refractivity (Wildman–Crippen MR) is 65.9 cm³/mol. The van der Waals surface area contributed by atoms with Gasteiger partial charge in [0, 0.05) is 16.6 Å². The molecule has 2 heterocycles. The molecular formula is C12H17BrN2. The number of hydrogen-bond acceptors (Lipinski definition) is 2. The summed E-state index contributed by atoms with van der Waals surface area (Å²) in [7, 11) is 0. The lowest BCUT2D eigenvalue weighted by Crippen LogP contribution is -2.30. The second-order valence-electron chi connectivity index (χ2n) is 4.25. The molecule has 82 valence electrons. The summed E-state index contributed by atoms with van der Waals surface area (Å²) in [6.07, 6.45) is 4.42. The number of hydrogen-bond donors (Lipinski definition) is 1. The van der Waals surface area contributed by atoms with Gasteiger partial charge in [0.05, 0.1) is 5.69 Å². The Morgan fingerprint density at radius 2 is 2.20 bits per heavy atom. The normalized spacial score (nSPS) is 20.1. The Labute approximate surface area is 99.6 Å². The summed E-state index contributed by atoms with van der Waals surface area (Å²) >= 11 is 3.59. The minimum atomic E-state index is 0.558. The van der Waals surface area contributed by atoms with Crippen LogP contribution >= 0.6 is 15.9 Å². The van der Waals surface area contributed by atoms with Gasteiger partial charge in [0.25, 0.3) is 0 Å². The SMILES string of the molecule is CC(c1ncccc1Br)C1CCNCC1. The van der Waals surface area contributed by atoms with E-state index in [2.05, 4.69) is 39.2 Å². The number of rotatable bonds is 2. The van der Waals surface area contributed by atoms with Crippen LogP contribution in [0.5, 0.6) is 0 Å².